The van der Waals surface area contributed by atoms with Crippen LogP contribution >= 0.6 is 15.9 Å². The Hall–Kier alpha value is -1.36. The molecule has 2 rings (SSSR count). The molecular weight excluding hydrogens is 273 g/mol. The molecule has 2 aromatic rings. The second-order valence-corrected chi connectivity index (χ2v) is 4.48. The first kappa shape index (κ1) is 11.1. The highest BCUT2D eigenvalue weighted by Gasteiger charge is 2.06. The molecular formula is C11H11BrFN3. The van der Waals surface area contributed by atoms with Crippen molar-refractivity contribution in [3.63, 3.8) is 0 Å². The number of benzene rings is 1. The first-order chi connectivity index (χ1) is 7.56. The van der Waals surface area contributed by atoms with Crippen LogP contribution in [0.5, 0.6) is 0 Å². The van der Waals surface area contributed by atoms with Crippen LogP contribution in [0, 0.1) is 12.7 Å². The second kappa shape index (κ2) is 4.25. The molecule has 84 valence electrons. The molecule has 1 N–H and O–H groups in total. The van der Waals surface area contributed by atoms with Gasteiger partial charge in [0, 0.05) is 17.7 Å². The van der Waals surface area contributed by atoms with Crippen molar-refractivity contribution < 1.29 is 4.39 Å². The smallest absolute Gasteiger partial charge is 0.207 e. The zero-order chi connectivity index (χ0) is 11.7. The fourth-order valence-electron chi connectivity index (χ4n) is 1.44. The lowest BCUT2D eigenvalue weighted by atomic mass is 10.3. The van der Waals surface area contributed by atoms with Crippen LogP contribution in [-0.2, 0) is 7.05 Å². The van der Waals surface area contributed by atoms with Crippen molar-refractivity contribution >= 4 is 27.6 Å². The molecule has 1 heterocycles. The largest absolute Gasteiger partial charge is 0.323 e. The summed E-state index contributed by atoms with van der Waals surface area (Å²) in [4.78, 5) is 4.24. The number of imidazole rings is 1. The van der Waals surface area contributed by atoms with E-state index in [0.717, 1.165) is 5.69 Å². The van der Waals surface area contributed by atoms with Gasteiger partial charge in [-0.25, -0.2) is 9.37 Å². The predicted molar refractivity (Wildman–Crippen MR) is 65.3 cm³/mol. The number of anilines is 2. The third-order valence-electron chi connectivity index (χ3n) is 2.17. The Morgan fingerprint density at radius 1 is 1.44 bits per heavy atom. The minimum absolute atomic E-state index is 0.310. The first-order valence-electron chi connectivity index (χ1n) is 4.78. The molecule has 5 heteroatoms. The molecule has 0 bridgehead atoms. The maximum Gasteiger partial charge on any atom is 0.207 e. The summed E-state index contributed by atoms with van der Waals surface area (Å²) in [5.74, 6) is 0.314. The van der Waals surface area contributed by atoms with E-state index in [4.69, 9.17) is 0 Å². The molecule has 0 saturated heterocycles. The highest BCUT2D eigenvalue weighted by Crippen LogP contribution is 2.22. The molecule has 0 radical (unpaired) electrons. The maximum absolute atomic E-state index is 13.5. The third-order valence-corrected chi connectivity index (χ3v) is 2.67. The Labute approximate surface area is 101 Å². The summed E-state index contributed by atoms with van der Waals surface area (Å²) in [5.41, 5.74) is 1.31. The predicted octanol–water partition coefficient (Wildman–Crippen LogP) is 3.37. The Balaban J connectivity index is 2.30. The lowest BCUT2D eigenvalue weighted by Crippen LogP contribution is -2.00. The van der Waals surface area contributed by atoms with Crippen molar-refractivity contribution in [2.75, 3.05) is 5.32 Å². The Morgan fingerprint density at radius 2 is 2.19 bits per heavy atom. The molecule has 1 aromatic heterocycles. The summed E-state index contributed by atoms with van der Waals surface area (Å²) in [6.45, 7) is 1.89. The van der Waals surface area contributed by atoms with Gasteiger partial charge in [-0.1, -0.05) is 15.9 Å². The maximum atomic E-state index is 13.5. The molecule has 0 atom stereocenters. The van der Waals surface area contributed by atoms with E-state index in [-0.39, 0.29) is 5.82 Å². The number of aryl methyl sites for hydroxylation is 2. The fourth-order valence-corrected chi connectivity index (χ4v) is 1.78. The van der Waals surface area contributed by atoms with Gasteiger partial charge in [-0.3, -0.25) is 0 Å². The minimum Gasteiger partial charge on any atom is -0.323 e. The third kappa shape index (κ3) is 2.24. The van der Waals surface area contributed by atoms with E-state index < -0.39 is 0 Å². The number of aromatic nitrogens is 2. The van der Waals surface area contributed by atoms with Crippen molar-refractivity contribution in [1.29, 1.82) is 0 Å². The zero-order valence-electron chi connectivity index (χ0n) is 8.96. The molecule has 16 heavy (non-hydrogen) atoms. The number of halogens is 2. The second-order valence-electron chi connectivity index (χ2n) is 3.57. The van der Waals surface area contributed by atoms with Gasteiger partial charge in [0.1, 0.15) is 5.82 Å². The monoisotopic (exact) mass is 283 g/mol. The summed E-state index contributed by atoms with van der Waals surface area (Å²) in [7, 11) is 1.86. The molecule has 0 amide bonds. The van der Waals surface area contributed by atoms with E-state index in [2.05, 4.69) is 26.2 Å². The van der Waals surface area contributed by atoms with Crippen LogP contribution < -0.4 is 5.32 Å². The SMILES string of the molecule is Cc1cn(C)c(Nc2ccc(Br)cc2F)n1. The number of nitrogens with one attached hydrogen (secondary N) is 1. The van der Waals surface area contributed by atoms with Gasteiger partial charge in [0.2, 0.25) is 5.95 Å². The van der Waals surface area contributed by atoms with E-state index in [9.17, 15) is 4.39 Å². The normalized spacial score (nSPS) is 10.5. The van der Waals surface area contributed by atoms with Crippen LogP contribution in [0.25, 0.3) is 0 Å². The van der Waals surface area contributed by atoms with Gasteiger partial charge in [0.05, 0.1) is 11.4 Å². The Morgan fingerprint density at radius 3 is 2.75 bits per heavy atom. The van der Waals surface area contributed by atoms with Crippen molar-refractivity contribution in [2.45, 2.75) is 6.92 Å². The number of nitrogens with zero attached hydrogens (tertiary/aromatic N) is 2. The summed E-state index contributed by atoms with van der Waals surface area (Å²) in [6, 6.07) is 4.86. The topological polar surface area (TPSA) is 29.9 Å². The zero-order valence-corrected chi connectivity index (χ0v) is 10.5. The highest BCUT2D eigenvalue weighted by atomic mass is 79.9. The van der Waals surface area contributed by atoms with Gasteiger partial charge in [-0.2, -0.15) is 0 Å². The lowest BCUT2D eigenvalue weighted by molar-refractivity contribution is 0.630. The lowest BCUT2D eigenvalue weighted by Gasteiger charge is -2.06. The Bertz CT molecular complexity index is 522. The van der Waals surface area contributed by atoms with E-state index >= 15 is 0 Å². The molecule has 0 saturated carbocycles. The Kier molecular flexibility index (Phi) is 2.96. The molecule has 0 unspecified atom stereocenters. The molecule has 1 aromatic carbocycles. The van der Waals surface area contributed by atoms with Crippen molar-refractivity contribution in [3.05, 3.63) is 40.4 Å². The standard InChI is InChI=1S/C11H11BrFN3/c1-7-6-16(2)11(14-7)15-10-4-3-8(12)5-9(10)13/h3-6H,1-2H3,(H,14,15). The van der Waals surface area contributed by atoms with Gasteiger partial charge in [0.15, 0.2) is 0 Å². The van der Waals surface area contributed by atoms with E-state index in [1.807, 2.05) is 24.7 Å². The summed E-state index contributed by atoms with van der Waals surface area (Å²) in [6.07, 6.45) is 1.87. The van der Waals surface area contributed by atoms with Gasteiger partial charge >= 0.3 is 0 Å². The molecule has 0 aliphatic heterocycles. The number of rotatable bonds is 2. The van der Waals surface area contributed by atoms with Gasteiger partial charge in [-0.15, -0.1) is 0 Å². The van der Waals surface area contributed by atoms with Crippen molar-refractivity contribution in [1.82, 2.24) is 9.55 Å². The summed E-state index contributed by atoms with van der Waals surface area (Å²) < 4.78 is 16.1. The molecule has 3 nitrogen and oxygen atoms in total. The molecule has 0 spiro atoms. The van der Waals surface area contributed by atoms with Gasteiger partial charge < -0.3 is 9.88 Å². The molecule has 0 aliphatic rings. The number of hydrogen-bond donors (Lipinski definition) is 1. The highest BCUT2D eigenvalue weighted by molar-refractivity contribution is 9.10. The summed E-state index contributed by atoms with van der Waals surface area (Å²) in [5, 5.41) is 2.94. The van der Waals surface area contributed by atoms with Gasteiger partial charge in [-0.05, 0) is 25.1 Å². The van der Waals surface area contributed by atoms with Crippen molar-refractivity contribution in [2.24, 2.45) is 7.05 Å². The van der Waals surface area contributed by atoms with Crippen LogP contribution in [0.1, 0.15) is 5.69 Å². The van der Waals surface area contributed by atoms with Crippen LogP contribution in [0.15, 0.2) is 28.9 Å². The minimum atomic E-state index is -0.310. The quantitative estimate of drug-likeness (QED) is 0.916. The molecule has 0 aliphatic carbocycles. The van der Waals surface area contributed by atoms with Crippen LogP contribution in [-0.4, -0.2) is 9.55 Å². The van der Waals surface area contributed by atoms with Crippen LogP contribution in [0.3, 0.4) is 0 Å². The summed E-state index contributed by atoms with van der Waals surface area (Å²) >= 11 is 3.21. The van der Waals surface area contributed by atoms with Gasteiger partial charge in [0.25, 0.3) is 0 Å². The van der Waals surface area contributed by atoms with E-state index in [1.165, 1.54) is 6.07 Å². The average molecular weight is 284 g/mol. The van der Waals surface area contributed by atoms with Crippen LogP contribution in [0.4, 0.5) is 16.0 Å². The fraction of sp³-hybridized carbons (Fsp3) is 0.182. The van der Waals surface area contributed by atoms with Crippen LogP contribution in [0.2, 0.25) is 0 Å². The first-order valence-corrected chi connectivity index (χ1v) is 5.57. The van der Waals surface area contributed by atoms with E-state index in [1.54, 1.807) is 12.1 Å². The molecule has 0 fully saturated rings. The average Bonchev–Trinajstić information content (AvgIpc) is 2.50. The van der Waals surface area contributed by atoms with E-state index in [0.29, 0.717) is 16.1 Å². The van der Waals surface area contributed by atoms with Crippen molar-refractivity contribution in [3.8, 4) is 0 Å². The number of hydrogen-bond acceptors (Lipinski definition) is 2.